The molecule has 15 heteroatoms. The van der Waals surface area contributed by atoms with E-state index in [0.717, 1.165) is 12.6 Å². The van der Waals surface area contributed by atoms with Crippen LogP contribution in [-0.2, 0) is 4.79 Å². The van der Waals surface area contributed by atoms with Crippen molar-refractivity contribution >= 4 is 68.7 Å². The van der Waals surface area contributed by atoms with E-state index < -0.39 is 28.3 Å². The van der Waals surface area contributed by atoms with Gasteiger partial charge in [-0.3, -0.25) is 14.2 Å². The quantitative estimate of drug-likeness (QED) is 0.104. The molecular weight excluding hydrogens is 757 g/mol. The van der Waals surface area contributed by atoms with Crippen molar-refractivity contribution in [1.82, 2.24) is 24.3 Å². The number of piperazine rings is 1. The van der Waals surface area contributed by atoms with Gasteiger partial charge >= 0.3 is 0 Å². The fourth-order valence-corrected chi connectivity index (χ4v) is 8.57. The Morgan fingerprint density at radius 2 is 1.61 bits per heavy atom. The first-order valence-electron chi connectivity index (χ1n) is 18.0. The highest BCUT2D eigenvalue weighted by molar-refractivity contribution is 6.38. The number of anilines is 3. The Bertz CT molecular complexity index is 2170. The first kappa shape index (κ1) is 39.7. The van der Waals surface area contributed by atoms with Crippen molar-refractivity contribution in [2.75, 3.05) is 62.4 Å². The predicted molar refractivity (Wildman–Crippen MR) is 216 cm³/mol. The van der Waals surface area contributed by atoms with E-state index in [2.05, 4.69) is 26.3 Å². The molecule has 54 heavy (non-hydrogen) atoms. The lowest BCUT2D eigenvalue weighted by Crippen LogP contribution is -2.64. The average molecular weight is 802 g/mol. The summed E-state index contributed by atoms with van der Waals surface area (Å²) in [4.78, 5) is 45.8. The molecule has 0 spiro atoms. The van der Waals surface area contributed by atoms with Crippen LogP contribution in [0.2, 0.25) is 15.1 Å². The van der Waals surface area contributed by atoms with Gasteiger partial charge in [0.05, 0.1) is 55.1 Å². The molecule has 2 unspecified atom stereocenters. The van der Waals surface area contributed by atoms with E-state index in [9.17, 15) is 4.79 Å². The second-order valence-corrected chi connectivity index (χ2v) is 16.2. The largest absolute Gasteiger partial charge is 0.397 e. The molecule has 0 aliphatic carbocycles. The second kappa shape index (κ2) is 15.3. The van der Waals surface area contributed by atoms with Gasteiger partial charge in [-0.05, 0) is 64.0 Å². The highest BCUT2D eigenvalue weighted by Gasteiger charge is 2.43. The molecule has 1 saturated heterocycles. The van der Waals surface area contributed by atoms with E-state index in [-0.39, 0.29) is 56.1 Å². The van der Waals surface area contributed by atoms with Crippen LogP contribution in [0.25, 0.3) is 27.7 Å². The standard InChI is InChI=1S/C39H45Cl3F2N8O2/c1-9-27(53)50-17-22-16-49(12-10-11-48(7)8)38-36(51(22)15-21(50)6)23-13-24(40)28(29-30(43)25(41)14-26(42)32(29)45)31(44)35(23)52(39(38)54)37-33(19(2)3)46-18-47-34(37)20(4)5/h9,13-14,18-22H,1,10-12,15-17,45H2,2-8H3. The summed E-state index contributed by atoms with van der Waals surface area (Å²) < 4.78 is 35.3. The van der Waals surface area contributed by atoms with Crippen molar-refractivity contribution in [2.45, 2.75) is 65.0 Å². The van der Waals surface area contributed by atoms with Crippen LogP contribution < -0.4 is 21.1 Å². The minimum Gasteiger partial charge on any atom is -0.397 e. The normalized spacial score (nSPS) is 17.2. The van der Waals surface area contributed by atoms with E-state index in [1.54, 1.807) is 11.0 Å². The number of halogens is 5. The molecule has 0 bridgehead atoms. The maximum atomic E-state index is 18.0. The van der Waals surface area contributed by atoms with Crippen LogP contribution in [0.4, 0.5) is 25.8 Å². The Balaban J connectivity index is 1.81. The third kappa shape index (κ3) is 6.69. The van der Waals surface area contributed by atoms with Crippen LogP contribution in [0, 0.1) is 11.6 Å². The zero-order valence-electron chi connectivity index (χ0n) is 31.5. The van der Waals surface area contributed by atoms with Gasteiger partial charge in [0.2, 0.25) is 5.91 Å². The minimum absolute atomic E-state index is 0.0902. The van der Waals surface area contributed by atoms with E-state index >= 15 is 13.6 Å². The molecule has 6 rings (SSSR count). The van der Waals surface area contributed by atoms with Crippen LogP contribution in [-0.4, -0.2) is 89.1 Å². The fourth-order valence-electron chi connectivity index (χ4n) is 7.82. The Labute approximate surface area is 329 Å². The van der Waals surface area contributed by atoms with Crippen molar-refractivity contribution in [3.05, 3.63) is 79.6 Å². The van der Waals surface area contributed by atoms with Gasteiger partial charge in [0.15, 0.2) is 11.6 Å². The highest BCUT2D eigenvalue weighted by Crippen LogP contribution is 2.49. The summed E-state index contributed by atoms with van der Waals surface area (Å²) in [5.74, 6) is -2.61. The number of aromatic nitrogens is 3. The van der Waals surface area contributed by atoms with Crippen LogP contribution in [0.3, 0.4) is 0 Å². The number of hydrogen-bond donors (Lipinski definition) is 1. The van der Waals surface area contributed by atoms with Gasteiger partial charge in [-0.1, -0.05) is 69.1 Å². The number of amides is 1. The third-order valence-electron chi connectivity index (χ3n) is 10.3. The molecular formula is C39H45Cl3F2N8O2. The summed E-state index contributed by atoms with van der Waals surface area (Å²) in [6.07, 6.45) is 3.47. The molecule has 10 nitrogen and oxygen atoms in total. The summed E-state index contributed by atoms with van der Waals surface area (Å²) >= 11 is 19.6. The number of benzene rings is 2. The van der Waals surface area contributed by atoms with Gasteiger partial charge in [-0.2, -0.15) is 0 Å². The van der Waals surface area contributed by atoms with Crippen molar-refractivity contribution in [2.24, 2.45) is 0 Å². The summed E-state index contributed by atoms with van der Waals surface area (Å²) in [5.41, 5.74) is 6.84. The molecule has 2 N–H and O–H groups in total. The first-order chi connectivity index (χ1) is 25.5. The fraction of sp³-hybridized carbons (Fsp3) is 0.436. The molecule has 4 heterocycles. The molecule has 2 aromatic carbocycles. The molecule has 1 fully saturated rings. The summed E-state index contributed by atoms with van der Waals surface area (Å²) in [6, 6.07) is 2.15. The number of carbonyl (C=O) groups is 1. The average Bonchev–Trinajstić information content (AvgIpc) is 3.11. The van der Waals surface area contributed by atoms with Gasteiger partial charge < -0.3 is 25.3 Å². The van der Waals surface area contributed by atoms with E-state index in [0.29, 0.717) is 66.4 Å². The molecule has 2 atom stereocenters. The zero-order chi connectivity index (χ0) is 39.5. The molecule has 2 aromatic heterocycles. The summed E-state index contributed by atoms with van der Waals surface area (Å²) in [6.45, 7) is 15.7. The van der Waals surface area contributed by atoms with Gasteiger partial charge in [-0.15, -0.1) is 0 Å². The monoisotopic (exact) mass is 800 g/mol. The molecule has 2 aliphatic rings. The van der Waals surface area contributed by atoms with Crippen molar-refractivity contribution < 1.29 is 13.6 Å². The maximum Gasteiger partial charge on any atom is 0.281 e. The van der Waals surface area contributed by atoms with Gasteiger partial charge in [0.25, 0.3) is 5.56 Å². The van der Waals surface area contributed by atoms with Crippen LogP contribution in [0.15, 0.2) is 35.9 Å². The Morgan fingerprint density at radius 1 is 0.963 bits per heavy atom. The zero-order valence-corrected chi connectivity index (χ0v) is 33.8. The lowest BCUT2D eigenvalue weighted by molar-refractivity contribution is -0.128. The lowest BCUT2D eigenvalue weighted by Gasteiger charge is -2.52. The number of rotatable bonds is 9. The van der Waals surface area contributed by atoms with Crippen molar-refractivity contribution in [3.63, 3.8) is 0 Å². The molecule has 1 amide bonds. The molecule has 0 radical (unpaired) electrons. The second-order valence-electron chi connectivity index (χ2n) is 15.0. The number of carbonyl (C=O) groups excluding carboxylic acids is 1. The van der Waals surface area contributed by atoms with Crippen LogP contribution >= 0.6 is 34.8 Å². The number of nitrogen functional groups attached to an aromatic ring is 1. The van der Waals surface area contributed by atoms with Crippen LogP contribution in [0.1, 0.15) is 64.3 Å². The van der Waals surface area contributed by atoms with Gasteiger partial charge in [0.1, 0.15) is 12.0 Å². The number of pyridine rings is 1. The van der Waals surface area contributed by atoms with Gasteiger partial charge in [-0.25, -0.2) is 18.7 Å². The number of nitrogens with zero attached hydrogens (tertiary/aromatic N) is 7. The number of fused-ring (bicyclic) bond motifs is 5. The van der Waals surface area contributed by atoms with Crippen molar-refractivity contribution in [1.29, 1.82) is 0 Å². The lowest BCUT2D eigenvalue weighted by atomic mass is 9.94. The Hall–Kier alpha value is -3.97. The van der Waals surface area contributed by atoms with E-state index in [1.165, 1.54) is 17.0 Å². The first-order valence-corrected chi connectivity index (χ1v) is 19.1. The smallest absolute Gasteiger partial charge is 0.281 e. The van der Waals surface area contributed by atoms with Crippen LogP contribution in [0.5, 0.6) is 0 Å². The Kier molecular flexibility index (Phi) is 11.2. The maximum absolute atomic E-state index is 18.0. The predicted octanol–water partition coefficient (Wildman–Crippen LogP) is 7.88. The minimum atomic E-state index is -1.01. The number of hydrogen-bond acceptors (Lipinski definition) is 8. The van der Waals surface area contributed by atoms with E-state index in [4.69, 9.17) is 40.5 Å². The topological polar surface area (TPSA) is 104 Å². The SMILES string of the molecule is C=CC(=O)N1CC2CN(CCCN(C)C)c3c(c4cc(Cl)c(-c5c(N)c(Cl)cc(Cl)c5F)c(F)c4n(-c4c(C(C)C)ncnc4C(C)C)c3=O)N2CC1C. The summed E-state index contributed by atoms with van der Waals surface area (Å²) in [5, 5.41) is -0.314. The molecule has 2 aliphatic heterocycles. The molecule has 0 saturated carbocycles. The summed E-state index contributed by atoms with van der Waals surface area (Å²) in [7, 11) is 3.96. The Morgan fingerprint density at radius 3 is 2.20 bits per heavy atom. The highest BCUT2D eigenvalue weighted by atomic mass is 35.5. The number of nitrogens with two attached hydrogens (primary N) is 1. The van der Waals surface area contributed by atoms with E-state index in [1.807, 2.05) is 53.6 Å². The third-order valence-corrected chi connectivity index (χ3v) is 11.2. The molecule has 4 aromatic rings. The van der Waals surface area contributed by atoms with Gasteiger partial charge in [0, 0.05) is 48.7 Å². The molecule has 288 valence electrons. The van der Waals surface area contributed by atoms with Crippen molar-refractivity contribution in [3.8, 4) is 16.8 Å².